The lowest BCUT2D eigenvalue weighted by molar-refractivity contribution is 0.0737. The Hall–Kier alpha value is -1.09. The van der Waals surface area contributed by atoms with Gasteiger partial charge in [0.2, 0.25) is 0 Å². The maximum absolute atomic E-state index is 12.5. The predicted molar refractivity (Wildman–Crippen MR) is 79.7 cm³/mol. The van der Waals surface area contributed by atoms with Gasteiger partial charge in [-0.05, 0) is 48.1 Å². The van der Waals surface area contributed by atoms with Crippen LogP contribution < -0.4 is 5.32 Å². The minimum atomic E-state index is -0.102. The van der Waals surface area contributed by atoms with Gasteiger partial charge in [0.15, 0.2) is 0 Å². The molecule has 2 aliphatic rings. The first kappa shape index (κ1) is 13.9. The Morgan fingerprint density at radius 1 is 1.45 bits per heavy atom. The highest BCUT2D eigenvalue weighted by Gasteiger charge is 2.59. The van der Waals surface area contributed by atoms with E-state index in [1.807, 2.05) is 0 Å². The maximum Gasteiger partial charge on any atom is 0.254 e. The molecule has 0 aromatic carbocycles. The monoisotopic (exact) mass is 292 g/mol. The number of carbonyl (C=O) groups is 1. The minimum Gasteiger partial charge on any atom is -0.348 e. The molecule has 2 bridgehead atoms. The van der Waals surface area contributed by atoms with E-state index in [-0.39, 0.29) is 27.9 Å². The summed E-state index contributed by atoms with van der Waals surface area (Å²) in [7, 11) is 0. The van der Waals surface area contributed by atoms with Gasteiger partial charge >= 0.3 is 0 Å². The highest BCUT2D eigenvalue weighted by atomic mass is 35.5. The van der Waals surface area contributed by atoms with Gasteiger partial charge in [-0.1, -0.05) is 32.4 Å². The number of amides is 1. The molecule has 0 aliphatic heterocycles. The zero-order valence-corrected chi connectivity index (χ0v) is 13.0. The molecule has 0 saturated heterocycles. The summed E-state index contributed by atoms with van der Waals surface area (Å²) < 4.78 is 0. The number of aromatic nitrogens is 1. The fourth-order valence-electron chi connectivity index (χ4n) is 4.43. The summed E-state index contributed by atoms with van der Waals surface area (Å²) in [6.45, 7) is 6.85. The van der Waals surface area contributed by atoms with Gasteiger partial charge in [0.05, 0.1) is 5.56 Å². The van der Waals surface area contributed by atoms with Gasteiger partial charge in [-0.3, -0.25) is 4.79 Å². The molecular weight excluding hydrogens is 272 g/mol. The lowest BCUT2D eigenvalue weighted by Gasteiger charge is -2.43. The summed E-state index contributed by atoms with van der Waals surface area (Å²) in [5.74, 6) is 0.608. The summed E-state index contributed by atoms with van der Waals surface area (Å²) >= 11 is 6.02. The van der Waals surface area contributed by atoms with E-state index in [0.717, 1.165) is 0 Å². The Balaban J connectivity index is 1.85. The number of halogens is 1. The van der Waals surface area contributed by atoms with Gasteiger partial charge in [-0.15, -0.1) is 0 Å². The van der Waals surface area contributed by atoms with Gasteiger partial charge in [-0.25, -0.2) is 4.98 Å². The molecule has 1 heterocycles. The molecule has 3 nitrogen and oxygen atoms in total. The third-order valence-electron chi connectivity index (χ3n) is 5.55. The number of pyridine rings is 1. The van der Waals surface area contributed by atoms with E-state index < -0.39 is 0 Å². The highest BCUT2D eigenvalue weighted by Crippen LogP contribution is 2.62. The quantitative estimate of drug-likeness (QED) is 0.845. The van der Waals surface area contributed by atoms with Crippen molar-refractivity contribution < 1.29 is 4.79 Å². The molecule has 0 radical (unpaired) electrons. The number of nitrogens with zero attached hydrogens (tertiary/aromatic N) is 1. The normalized spacial score (nSPS) is 34.2. The molecule has 4 heteroatoms. The molecule has 2 saturated carbocycles. The van der Waals surface area contributed by atoms with Crippen LogP contribution in [0.5, 0.6) is 0 Å². The Bertz CT molecular complexity index is 552. The third kappa shape index (κ3) is 1.95. The summed E-state index contributed by atoms with van der Waals surface area (Å²) in [5, 5.41) is 3.51. The SMILES string of the molecule is CC12CCC(C1)C(C)(C)C2NC(=O)c1cccnc1Cl. The number of nitrogens with one attached hydrogen (secondary N) is 1. The molecule has 20 heavy (non-hydrogen) atoms. The minimum absolute atomic E-state index is 0.102. The zero-order chi connectivity index (χ0) is 14.5. The van der Waals surface area contributed by atoms with Gasteiger partial charge in [-0.2, -0.15) is 0 Å². The van der Waals surface area contributed by atoms with E-state index in [1.54, 1.807) is 18.3 Å². The second kappa shape index (κ2) is 4.45. The molecule has 2 aliphatic carbocycles. The molecule has 1 amide bonds. The fourth-order valence-corrected chi connectivity index (χ4v) is 4.63. The lowest BCUT2D eigenvalue weighted by atomic mass is 9.68. The van der Waals surface area contributed by atoms with Crippen molar-refractivity contribution in [3.63, 3.8) is 0 Å². The van der Waals surface area contributed by atoms with Crippen LogP contribution in [0.25, 0.3) is 0 Å². The van der Waals surface area contributed by atoms with Crippen molar-refractivity contribution in [3.05, 3.63) is 29.0 Å². The second-order valence-electron chi connectivity index (χ2n) is 7.16. The molecule has 3 rings (SSSR count). The van der Waals surface area contributed by atoms with Crippen molar-refractivity contribution >= 4 is 17.5 Å². The largest absolute Gasteiger partial charge is 0.348 e. The van der Waals surface area contributed by atoms with Crippen molar-refractivity contribution in [1.29, 1.82) is 0 Å². The highest BCUT2D eigenvalue weighted by molar-refractivity contribution is 6.32. The molecule has 1 aromatic heterocycles. The average Bonchev–Trinajstić information content (AvgIpc) is 2.86. The number of hydrogen-bond acceptors (Lipinski definition) is 2. The van der Waals surface area contributed by atoms with Gasteiger partial charge < -0.3 is 5.32 Å². The van der Waals surface area contributed by atoms with Crippen LogP contribution in [0, 0.1) is 16.7 Å². The van der Waals surface area contributed by atoms with E-state index in [2.05, 4.69) is 31.1 Å². The summed E-state index contributed by atoms with van der Waals surface area (Å²) in [5.41, 5.74) is 0.840. The molecule has 108 valence electrons. The molecule has 3 atom stereocenters. The Kier molecular flexibility index (Phi) is 3.09. The first-order valence-electron chi connectivity index (χ1n) is 7.26. The Morgan fingerprint density at radius 3 is 2.80 bits per heavy atom. The fraction of sp³-hybridized carbons (Fsp3) is 0.625. The second-order valence-corrected chi connectivity index (χ2v) is 7.52. The van der Waals surface area contributed by atoms with Crippen LogP contribution in [0.2, 0.25) is 5.15 Å². The van der Waals surface area contributed by atoms with Crippen molar-refractivity contribution in [2.45, 2.75) is 46.1 Å². The summed E-state index contributed by atoms with van der Waals surface area (Å²) in [6.07, 6.45) is 5.30. The van der Waals surface area contributed by atoms with E-state index in [4.69, 9.17) is 11.6 Å². The van der Waals surface area contributed by atoms with Crippen LogP contribution >= 0.6 is 11.6 Å². The van der Waals surface area contributed by atoms with Gasteiger partial charge in [0.25, 0.3) is 5.91 Å². The molecule has 1 N–H and O–H groups in total. The standard InChI is InChI=1S/C16H21ClN2O/c1-15(2)10-6-7-16(3,9-10)14(15)19-13(20)11-5-4-8-18-12(11)17/h4-5,8,10,14H,6-7,9H2,1-3H3,(H,19,20). The first-order chi connectivity index (χ1) is 9.34. The Labute approximate surface area is 125 Å². The summed E-state index contributed by atoms with van der Waals surface area (Å²) in [4.78, 5) is 16.5. The maximum atomic E-state index is 12.5. The van der Waals surface area contributed by atoms with Gasteiger partial charge in [0, 0.05) is 12.2 Å². The topological polar surface area (TPSA) is 42.0 Å². The first-order valence-corrected chi connectivity index (χ1v) is 7.64. The molecule has 3 unspecified atom stereocenters. The van der Waals surface area contributed by atoms with Crippen molar-refractivity contribution in [2.24, 2.45) is 16.7 Å². The van der Waals surface area contributed by atoms with Crippen molar-refractivity contribution in [3.8, 4) is 0 Å². The lowest BCUT2D eigenvalue weighted by Crippen LogP contribution is -2.52. The van der Waals surface area contributed by atoms with E-state index >= 15 is 0 Å². The van der Waals surface area contributed by atoms with E-state index in [0.29, 0.717) is 11.5 Å². The van der Waals surface area contributed by atoms with Crippen molar-refractivity contribution in [2.75, 3.05) is 0 Å². The molecule has 2 fully saturated rings. The van der Waals surface area contributed by atoms with Crippen LogP contribution in [0.1, 0.15) is 50.4 Å². The smallest absolute Gasteiger partial charge is 0.254 e. The van der Waals surface area contributed by atoms with E-state index in [9.17, 15) is 4.79 Å². The Morgan fingerprint density at radius 2 is 2.20 bits per heavy atom. The van der Waals surface area contributed by atoms with E-state index in [1.165, 1.54) is 19.3 Å². The van der Waals surface area contributed by atoms with Crippen LogP contribution in [0.15, 0.2) is 18.3 Å². The molecular formula is C16H21ClN2O. The number of fused-ring (bicyclic) bond motifs is 2. The zero-order valence-electron chi connectivity index (χ0n) is 12.2. The van der Waals surface area contributed by atoms with Gasteiger partial charge in [0.1, 0.15) is 5.15 Å². The molecule has 0 spiro atoms. The average molecular weight is 293 g/mol. The third-order valence-corrected chi connectivity index (χ3v) is 5.85. The number of carbonyl (C=O) groups excluding carboxylic acids is 1. The molecule has 1 aromatic rings. The summed E-state index contributed by atoms with van der Waals surface area (Å²) in [6, 6.07) is 3.68. The predicted octanol–water partition coefficient (Wildman–Crippen LogP) is 3.68. The van der Waals surface area contributed by atoms with Crippen LogP contribution in [-0.2, 0) is 0 Å². The number of hydrogen-bond donors (Lipinski definition) is 1. The van der Waals surface area contributed by atoms with Crippen LogP contribution in [-0.4, -0.2) is 16.9 Å². The van der Waals surface area contributed by atoms with Crippen LogP contribution in [0.4, 0.5) is 0 Å². The number of rotatable bonds is 2. The van der Waals surface area contributed by atoms with Crippen LogP contribution in [0.3, 0.4) is 0 Å². The van der Waals surface area contributed by atoms with Crippen molar-refractivity contribution in [1.82, 2.24) is 10.3 Å².